The van der Waals surface area contributed by atoms with Gasteiger partial charge in [0.15, 0.2) is 11.5 Å². The van der Waals surface area contributed by atoms with Crippen LogP contribution in [0.25, 0.3) is 0 Å². The number of para-hydroxylation sites is 2. The molecule has 0 aliphatic carbocycles. The first kappa shape index (κ1) is 57.7. The highest BCUT2D eigenvalue weighted by Gasteiger charge is 2.41. The van der Waals surface area contributed by atoms with E-state index in [-0.39, 0.29) is 47.6 Å². The van der Waals surface area contributed by atoms with Gasteiger partial charge in [0, 0.05) is 93.5 Å². The van der Waals surface area contributed by atoms with Crippen LogP contribution in [0.3, 0.4) is 0 Å². The van der Waals surface area contributed by atoms with Crippen LogP contribution in [0.2, 0.25) is 0 Å². The second-order valence-electron chi connectivity index (χ2n) is 21.6. The maximum atomic E-state index is 14.4. The molecule has 17 heteroatoms. The van der Waals surface area contributed by atoms with Gasteiger partial charge in [0.2, 0.25) is 0 Å². The Hall–Kier alpha value is -5.95. The lowest BCUT2D eigenvalue weighted by molar-refractivity contribution is -0.118. The van der Waals surface area contributed by atoms with Crippen LogP contribution in [0, 0.1) is 6.92 Å². The Morgan fingerprint density at radius 3 is 1.89 bits per heavy atom. The van der Waals surface area contributed by atoms with Gasteiger partial charge in [-0.05, 0) is 117 Å². The molecule has 0 radical (unpaired) electrons. The maximum absolute atomic E-state index is 14.4. The van der Waals surface area contributed by atoms with Crippen molar-refractivity contribution in [3.05, 3.63) is 130 Å². The minimum atomic E-state index is -0.208. The van der Waals surface area contributed by atoms with Crippen LogP contribution in [0.5, 0.6) is 17.2 Å². The van der Waals surface area contributed by atoms with E-state index in [1.165, 1.54) is 11.1 Å². The third-order valence-electron chi connectivity index (χ3n) is 15.0. The zero-order valence-electron chi connectivity index (χ0n) is 47.3. The Morgan fingerprint density at radius 1 is 0.709 bits per heavy atom. The molecule has 15 nitrogen and oxygen atoms in total. The Balaban J connectivity index is 0.997. The minimum Gasteiger partial charge on any atom is -0.493 e. The number of ketones is 1. The number of hydrogen-bond donors (Lipinski definition) is 1. The van der Waals surface area contributed by atoms with Gasteiger partial charge in [-0.25, -0.2) is 0 Å². The number of Topliss-reactive ketones (excluding diaryl/α,β-unsaturated/α-hetero) is 1. The van der Waals surface area contributed by atoms with E-state index in [4.69, 9.17) is 28.4 Å². The lowest BCUT2D eigenvalue weighted by Crippen LogP contribution is -2.41. The Kier molecular flexibility index (Phi) is 19.4. The lowest BCUT2D eigenvalue weighted by atomic mass is 10.1. The number of carbonyl (C=O) groups is 3. The number of amides is 2. The number of rotatable bonds is 28. The zero-order chi connectivity index (χ0) is 55.6. The molecule has 2 atom stereocenters. The third-order valence-corrected chi connectivity index (χ3v) is 18.4. The molecule has 4 heterocycles. The summed E-state index contributed by atoms with van der Waals surface area (Å²) in [6.07, 6.45) is 3.00. The third kappa shape index (κ3) is 13.8. The van der Waals surface area contributed by atoms with E-state index in [9.17, 15) is 14.4 Å². The fraction of sp³-hybridized carbons (Fsp3) is 0.468. The number of ether oxygens (including phenoxy) is 6. The molecule has 5 aromatic rings. The molecule has 79 heavy (non-hydrogen) atoms. The number of carbonyl (C=O) groups excluding carboxylic acids is 3. The van der Waals surface area contributed by atoms with Gasteiger partial charge >= 0.3 is 0 Å². The van der Waals surface area contributed by atoms with Crippen LogP contribution in [-0.2, 0) is 45.1 Å². The van der Waals surface area contributed by atoms with Gasteiger partial charge in [0.25, 0.3) is 11.8 Å². The average Bonchev–Trinajstić information content (AvgIpc) is 3.97. The smallest absolute Gasteiger partial charge is 0.260 e. The van der Waals surface area contributed by atoms with Crippen LogP contribution >= 0.6 is 21.6 Å². The monoisotopic (exact) mass is 1110 g/mol. The van der Waals surface area contributed by atoms with Crippen molar-refractivity contribution >= 4 is 67.6 Å². The topological polar surface area (TPSA) is 135 Å². The Morgan fingerprint density at radius 2 is 1.28 bits per heavy atom. The van der Waals surface area contributed by atoms with Crippen LogP contribution in [0.15, 0.2) is 91.0 Å². The largest absolute Gasteiger partial charge is 0.493 e. The van der Waals surface area contributed by atoms with Gasteiger partial charge in [-0.2, -0.15) is 0 Å². The number of nitrogens with zero attached hydrogens (tertiary/aromatic N) is 5. The van der Waals surface area contributed by atoms with E-state index in [1.54, 1.807) is 25.0 Å². The van der Waals surface area contributed by atoms with Crippen LogP contribution in [-0.4, -0.2) is 141 Å². The molecule has 1 N–H and O–H groups in total. The number of anilines is 5. The molecular formula is C62H78N6O9S2. The zero-order valence-corrected chi connectivity index (χ0v) is 48.9. The van der Waals surface area contributed by atoms with Crippen LogP contribution in [0.4, 0.5) is 28.4 Å². The van der Waals surface area contributed by atoms with Crippen LogP contribution < -0.4 is 44.0 Å². The van der Waals surface area contributed by atoms with E-state index in [0.29, 0.717) is 101 Å². The van der Waals surface area contributed by atoms with Crippen molar-refractivity contribution in [2.75, 3.05) is 131 Å². The van der Waals surface area contributed by atoms with Crippen molar-refractivity contribution in [1.82, 2.24) is 5.32 Å². The molecule has 2 amide bonds. The van der Waals surface area contributed by atoms with E-state index in [2.05, 4.69) is 77.3 Å². The molecule has 422 valence electrons. The molecule has 0 saturated heterocycles. The summed E-state index contributed by atoms with van der Waals surface area (Å²) < 4.78 is 36.4. The standard InChI is InChI=1S/C62H78N6O9S2/c1-9-63-36-50(69)17-14-26-78-79-62(3,4)41-66(20-21-74-24-25-75-23-22-72-7)47-29-43(39-76-57-34-55-51(27-42(57)2)60(70)67-48(37-64(55)5)31-45-15-10-12-18-53(45)67)28-44(30-47)40-77-59-35-56-52(33-58(59)73-8)61(71)68-49(38-65(56)6)32-46-16-11-13-19-54(46)68/h10-13,15-16,18-19,27-30,33-35,48-49,63H,9,14,17,20-26,31-32,36-41H2,1-8H3/t48-,49-/m0/s1. The number of nitrogens with one attached hydrogen (secondary N) is 1. The predicted molar refractivity (Wildman–Crippen MR) is 320 cm³/mol. The molecule has 4 aliphatic rings. The molecule has 0 fully saturated rings. The molecule has 0 bridgehead atoms. The fourth-order valence-corrected chi connectivity index (χ4v) is 13.8. The van der Waals surface area contributed by atoms with Crippen molar-refractivity contribution < 1.29 is 42.8 Å². The highest BCUT2D eigenvalue weighted by Crippen LogP contribution is 2.44. The molecule has 0 spiro atoms. The molecule has 5 aromatic carbocycles. The van der Waals surface area contributed by atoms with Crippen molar-refractivity contribution in [3.8, 4) is 17.2 Å². The average molecular weight is 1120 g/mol. The minimum absolute atomic E-state index is 0.00298. The normalized spacial score (nSPS) is 16.4. The number of hydrogen-bond acceptors (Lipinski definition) is 15. The van der Waals surface area contributed by atoms with Gasteiger partial charge in [-0.1, -0.05) is 64.9 Å². The summed E-state index contributed by atoms with van der Waals surface area (Å²) >= 11 is 0. The molecule has 0 aromatic heterocycles. The lowest BCUT2D eigenvalue weighted by Gasteiger charge is -2.34. The molecule has 4 aliphatic heterocycles. The van der Waals surface area contributed by atoms with Gasteiger partial charge in [-0.3, -0.25) is 14.4 Å². The predicted octanol–water partition coefficient (Wildman–Crippen LogP) is 9.81. The van der Waals surface area contributed by atoms with E-state index < -0.39 is 0 Å². The summed E-state index contributed by atoms with van der Waals surface area (Å²) in [6.45, 7) is 15.3. The Labute approximate surface area is 474 Å². The van der Waals surface area contributed by atoms with Gasteiger partial charge in [0.1, 0.15) is 24.7 Å². The highest BCUT2D eigenvalue weighted by molar-refractivity contribution is 8.77. The summed E-state index contributed by atoms with van der Waals surface area (Å²) in [7, 11) is 11.0. The molecule has 0 unspecified atom stereocenters. The van der Waals surface area contributed by atoms with E-state index in [1.807, 2.05) is 96.1 Å². The molecule has 0 saturated carbocycles. The van der Waals surface area contributed by atoms with Gasteiger partial charge in [0.05, 0.1) is 81.3 Å². The van der Waals surface area contributed by atoms with Gasteiger partial charge in [-0.15, -0.1) is 0 Å². The Bertz CT molecular complexity index is 2960. The van der Waals surface area contributed by atoms with Gasteiger partial charge < -0.3 is 58.2 Å². The second kappa shape index (κ2) is 26.5. The first-order chi connectivity index (χ1) is 38.2. The number of fused-ring (bicyclic) bond motifs is 8. The van der Waals surface area contributed by atoms with Crippen molar-refractivity contribution in [2.45, 2.75) is 83.4 Å². The summed E-state index contributed by atoms with van der Waals surface area (Å²) in [4.78, 5) is 51.9. The highest BCUT2D eigenvalue weighted by atomic mass is 33.1. The quantitative estimate of drug-likeness (QED) is 0.0376. The van der Waals surface area contributed by atoms with Crippen molar-refractivity contribution in [3.63, 3.8) is 0 Å². The first-order valence-electron chi connectivity index (χ1n) is 27.7. The first-order valence-corrected chi connectivity index (χ1v) is 30.0. The summed E-state index contributed by atoms with van der Waals surface area (Å²) in [5.74, 6) is 2.78. The fourth-order valence-electron chi connectivity index (χ4n) is 11.2. The summed E-state index contributed by atoms with van der Waals surface area (Å²) in [5, 5.41) is 3.14. The number of methoxy groups -OCH3 is 2. The van der Waals surface area contributed by atoms with Crippen molar-refractivity contribution in [2.24, 2.45) is 0 Å². The van der Waals surface area contributed by atoms with E-state index >= 15 is 0 Å². The number of likely N-dealkylation sites (N-methyl/N-ethyl adjacent to an activating group) is 3. The van der Waals surface area contributed by atoms with Crippen LogP contribution in [0.1, 0.15) is 82.1 Å². The number of benzene rings is 5. The molecule has 9 rings (SSSR count). The van der Waals surface area contributed by atoms with E-state index in [0.717, 1.165) is 76.7 Å². The summed E-state index contributed by atoms with van der Waals surface area (Å²) in [5.41, 5.74) is 10.9. The second-order valence-corrected chi connectivity index (χ2v) is 24.7. The van der Waals surface area contributed by atoms with Crippen molar-refractivity contribution in [1.29, 1.82) is 0 Å². The maximum Gasteiger partial charge on any atom is 0.260 e. The summed E-state index contributed by atoms with van der Waals surface area (Å²) in [6, 6.07) is 30.7. The number of aryl methyl sites for hydroxylation is 1. The SMILES string of the molecule is CCNCC(=O)CCCSSC(C)(C)CN(CCOCCOCCOC)c1cc(COc2cc3c(cc2C)C(=O)N2c4ccccc4C[C@H]2CN3C)cc(COc2cc3c(cc2OC)C(=O)N2c4ccccc4C[C@H]2CN3C)c1. The molecular weight excluding hydrogens is 1040 g/mol.